The van der Waals surface area contributed by atoms with E-state index in [0.717, 1.165) is 33.6 Å². The number of aromatic nitrogens is 1. The quantitative estimate of drug-likeness (QED) is 0.896. The van der Waals surface area contributed by atoms with E-state index in [1.54, 1.807) is 11.3 Å². The van der Waals surface area contributed by atoms with E-state index in [2.05, 4.69) is 45.4 Å². The zero-order valence-electron chi connectivity index (χ0n) is 10.3. The fraction of sp³-hybridized carbons (Fsp3) is 0.357. The Morgan fingerprint density at radius 1 is 1.44 bits per heavy atom. The number of rotatable bonds is 5. The molecule has 0 aliphatic rings. The molecule has 0 saturated carbocycles. The van der Waals surface area contributed by atoms with Crippen LogP contribution in [0.1, 0.15) is 18.4 Å². The second-order valence-corrected chi connectivity index (χ2v) is 6.16. The number of hydrogen-bond donors (Lipinski definition) is 1. The molecular formula is C14H16BrNOS. The molecule has 96 valence electrons. The summed E-state index contributed by atoms with van der Waals surface area (Å²) in [6.07, 6.45) is 1.86. The van der Waals surface area contributed by atoms with E-state index in [-0.39, 0.29) is 6.61 Å². The van der Waals surface area contributed by atoms with Crippen LogP contribution in [0.4, 0.5) is 0 Å². The van der Waals surface area contributed by atoms with Gasteiger partial charge in [0.2, 0.25) is 0 Å². The van der Waals surface area contributed by atoms with Crippen molar-refractivity contribution in [1.82, 2.24) is 4.98 Å². The van der Waals surface area contributed by atoms with Gasteiger partial charge in [-0.15, -0.1) is 11.3 Å². The van der Waals surface area contributed by atoms with Crippen molar-refractivity contribution in [2.75, 3.05) is 6.61 Å². The first-order chi connectivity index (χ1) is 8.72. The first-order valence-electron chi connectivity index (χ1n) is 6.04. The average molecular weight is 326 g/mol. The minimum atomic E-state index is 0.238. The first-order valence-corrected chi connectivity index (χ1v) is 7.71. The molecule has 0 aliphatic heterocycles. The standard InChI is InChI=1S/C14H16BrNOS/c1-2-10(8-17)6-14-16-13(9-18-14)11-4-3-5-12(15)7-11/h3-5,7,9-10,17H,2,6,8H2,1H3. The smallest absolute Gasteiger partial charge is 0.0936 e. The molecule has 1 aromatic carbocycles. The highest BCUT2D eigenvalue weighted by molar-refractivity contribution is 9.10. The maximum absolute atomic E-state index is 9.22. The van der Waals surface area contributed by atoms with Crippen LogP contribution in [-0.4, -0.2) is 16.7 Å². The van der Waals surface area contributed by atoms with Crippen molar-refractivity contribution in [2.24, 2.45) is 5.92 Å². The molecule has 4 heteroatoms. The molecule has 1 N–H and O–H groups in total. The molecule has 0 saturated heterocycles. The Bertz CT molecular complexity index is 508. The summed E-state index contributed by atoms with van der Waals surface area (Å²) in [4.78, 5) is 4.64. The molecule has 2 aromatic rings. The first kappa shape index (κ1) is 13.7. The Hall–Kier alpha value is -0.710. The van der Waals surface area contributed by atoms with Crippen molar-refractivity contribution >= 4 is 27.3 Å². The molecule has 2 rings (SSSR count). The Balaban J connectivity index is 2.15. The van der Waals surface area contributed by atoms with Crippen molar-refractivity contribution in [1.29, 1.82) is 0 Å². The summed E-state index contributed by atoms with van der Waals surface area (Å²) in [6, 6.07) is 8.16. The van der Waals surface area contributed by atoms with Gasteiger partial charge in [0.25, 0.3) is 0 Å². The van der Waals surface area contributed by atoms with Crippen LogP contribution in [0.3, 0.4) is 0 Å². The third-order valence-electron chi connectivity index (χ3n) is 2.97. The Morgan fingerprint density at radius 3 is 2.94 bits per heavy atom. The van der Waals surface area contributed by atoms with Gasteiger partial charge in [0.15, 0.2) is 0 Å². The van der Waals surface area contributed by atoms with Crippen molar-refractivity contribution < 1.29 is 5.11 Å². The summed E-state index contributed by atoms with van der Waals surface area (Å²) in [5, 5.41) is 12.4. The Morgan fingerprint density at radius 2 is 2.28 bits per heavy atom. The predicted molar refractivity (Wildman–Crippen MR) is 79.8 cm³/mol. The third-order valence-corrected chi connectivity index (χ3v) is 4.34. The molecule has 1 aromatic heterocycles. The molecule has 0 radical (unpaired) electrons. The molecule has 0 spiro atoms. The van der Waals surface area contributed by atoms with Crippen LogP contribution in [-0.2, 0) is 6.42 Å². The summed E-state index contributed by atoms with van der Waals surface area (Å²) < 4.78 is 1.07. The fourth-order valence-electron chi connectivity index (χ4n) is 1.77. The van der Waals surface area contributed by atoms with Crippen molar-refractivity contribution in [2.45, 2.75) is 19.8 Å². The number of hydrogen-bond acceptors (Lipinski definition) is 3. The maximum atomic E-state index is 9.22. The number of aliphatic hydroxyl groups excluding tert-OH is 1. The number of benzene rings is 1. The molecule has 0 aliphatic carbocycles. The second-order valence-electron chi connectivity index (χ2n) is 4.30. The van der Waals surface area contributed by atoms with Crippen LogP contribution < -0.4 is 0 Å². The van der Waals surface area contributed by atoms with Crippen LogP contribution >= 0.6 is 27.3 Å². The maximum Gasteiger partial charge on any atom is 0.0936 e. The van der Waals surface area contributed by atoms with E-state index in [9.17, 15) is 5.11 Å². The van der Waals surface area contributed by atoms with Crippen LogP contribution in [0.2, 0.25) is 0 Å². The lowest BCUT2D eigenvalue weighted by Gasteiger charge is -2.08. The van der Waals surface area contributed by atoms with Gasteiger partial charge in [-0.25, -0.2) is 4.98 Å². The van der Waals surface area contributed by atoms with Gasteiger partial charge in [-0.2, -0.15) is 0 Å². The molecule has 18 heavy (non-hydrogen) atoms. The topological polar surface area (TPSA) is 33.1 Å². The lowest BCUT2D eigenvalue weighted by molar-refractivity contribution is 0.222. The summed E-state index contributed by atoms with van der Waals surface area (Å²) in [5.41, 5.74) is 2.15. The highest BCUT2D eigenvalue weighted by Crippen LogP contribution is 2.26. The van der Waals surface area contributed by atoms with E-state index >= 15 is 0 Å². The molecule has 0 bridgehead atoms. The zero-order valence-corrected chi connectivity index (χ0v) is 12.7. The average Bonchev–Trinajstić information content (AvgIpc) is 2.84. The lowest BCUT2D eigenvalue weighted by atomic mass is 10.0. The highest BCUT2D eigenvalue weighted by Gasteiger charge is 2.10. The van der Waals surface area contributed by atoms with Crippen LogP contribution in [0, 0.1) is 5.92 Å². The van der Waals surface area contributed by atoms with Gasteiger partial charge in [0.1, 0.15) is 0 Å². The molecule has 0 fully saturated rings. The normalized spacial score (nSPS) is 12.6. The van der Waals surface area contributed by atoms with Gasteiger partial charge in [0.05, 0.1) is 10.7 Å². The number of thiazole rings is 1. The van der Waals surface area contributed by atoms with Crippen LogP contribution in [0.5, 0.6) is 0 Å². The summed E-state index contributed by atoms with van der Waals surface area (Å²) in [5.74, 6) is 0.325. The lowest BCUT2D eigenvalue weighted by Crippen LogP contribution is -2.07. The predicted octanol–water partition coefficient (Wildman–Crippen LogP) is 4.13. The van der Waals surface area contributed by atoms with E-state index in [1.165, 1.54) is 0 Å². The summed E-state index contributed by atoms with van der Waals surface area (Å²) in [6.45, 7) is 2.34. The minimum absolute atomic E-state index is 0.238. The Kier molecular flexibility index (Phi) is 4.92. The van der Waals surface area contributed by atoms with Gasteiger partial charge in [0, 0.05) is 28.4 Å². The molecule has 1 unspecified atom stereocenters. The highest BCUT2D eigenvalue weighted by atomic mass is 79.9. The van der Waals surface area contributed by atoms with Crippen molar-refractivity contribution in [3.05, 3.63) is 39.1 Å². The van der Waals surface area contributed by atoms with Gasteiger partial charge in [-0.3, -0.25) is 0 Å². The number of halogens is 1. The van der Waals surface area contributed by atoms with Gasteiger partial charge in [-0.05, 0) is 18.1 Å². The second kappa shape index (κ2) is 6.45. The summed E-state index contributed by atoms with van der Waals surface area (Å²) in [7, 11) is 0. The molecule has 0 amide bonds. The Labute approximate surface area is 120 Å². The third kappa shape index (κ3) is 3.40. The van der Waals surface area contributed by atoms with Gasteiger partial charge in [-0.1, -0.05) is 41.4 Å². The molecule has 2 nitrogen and oxygen atoms in total. The zero-order chi connectivity index (χ0) is 13.0. The molecule has 1 heterocycles. The van der Waals surface area contributed by atoms with E-state index < -0.39 is 0 Å². The monoisotopic (exact) mass is 325 g/mol. The van der Waals surface area contributed by atoms with Gasteiger partial charge >= 0.3 is 0 Å². The number of nitrogens with zero attached hydrogens (tertiary/aromatic N) is 1. The van der Waals surface area contributed by atoms with E-state index in [1.807, 2.05) is 12.1 Å². The molecule has 1 atom stereocenters. The van der Waals surface area contributed by atoms with E-state index in [0.29, 0.717) is 5.92 Å². The van der Waals surface area contributed by atoms with Crippen LogP contribution in [0.15, 0.2) is 34.1 Å². The molecular weight excluding hydrogens is 310 g/mol. The number of aliphatic hydroxyl groups is 1. The fourth-order valence-corrected chi connectivity index (χ4v) is 3.09. The largest absolute Gasteiger partial charge is 0.396 e. The minimum Gasteiger partial charge on any atom is -0.396 e. The van der Waals surface area contributed by atoms with E-state index in [4.69, 9.17) is 0 Å². The SMILES string of the molecule is CCC(CO)Cc1nc(-c2cccc(Br)c2)cs1. The van der Waals surface area contributed by atoms with Crippen LogP contribution in [0.25, 0.3) is 11.3 Å². The van der Waals surface area contributed by atoms with Crippen molar-refractivity contribution in [3.63, 3.8) is 0 Å². The van der Waals surface area contributed by atoms with Gasteiger partial charge < -0.3 is 5.11 Å². The van der Waals surface area contributed by atoms with Crippen molar-refractivity contribution in [3.8, 4) is 11.3 Å². The summed E-state index contributed by atoms with van der Waals surface area (Å²) >= 11 is 5.14.